The van der Waals surface area contributed by atoms with E-state index in [0.29, 0.717) is 30.9 Å². The highest BCUT2D eigenvalue weighted by Crippen LogP contribution is 2.12. The molecule has 7 nitrogen and oxygen atoms in total. The van der Waals surface area contributed by atoms with Crippen LogP contribution < -0.4 is 21.1 Å². The first kappa shape index (κ1) is 15.8. The molecule has 0 bridgehead atoms. The summed E-state index contributed by atoms with van der Waals surface area (Å²) >= 11 is 0. The molecule has 7 heteroatoms. The Morgan fingerprint density at radius 1 is 1.50 bits per heavy atom. The second-order valence-corrected chi connectivity index (χ2v) is 4.10. The third-order valence-electron chi connectivity index (χ3n) is 2.39. The van der Waals surface area contributed by atoms with Crippen molar-refractivity contribution in [1.82, 2.24) is 10.6 Å². The Kier molecular flexibility index (Phi) is 6.89. The van der Waals surface area contributed by atoms with Gasteiger partial charge in [0.15, 0.2) is 0 Å². The zero-order chi connectivity index (χ0) is 14.8. The van der Waals surface area contributed by atoms with Crippen molar-refractivity contribution in [3.8, 4) is 11.8 Å². The van der Waals surface area contributed by atoms with E-state index in [4.69, 9.17) is 15.7 Å². The summed E-state index contributed by atoms with van der Waals surface area (Å²) in [4.78, 5) is 10.4. The molecule has 20 heavy (non-hydrogen) atoms. The number of aliphatic hydroxyl groups is 1. The summed E-state index contributed by atoms with van der Waals surface area (Å²) in [6.07, 6.45) is -0.686. The van der Waals surface area contributed by atoms with Gasteiger partial charge in [-0.2, -0.15) is 5.26 Å². The highest BCUT2D eigenvalue weighted by Gasteiger charge is 2.05. The minimum absolute atomic E-state index is 0.116. The summed E-state index contributed by atoms with van der Waals surface area (Å²) in [6.45, 7) is 1.35. The normalized spacial score (nSPS) is 11.4. The van der Waals surface area contributed by atoms with E-state index >= 15 is 0 Å². The predicted molar refractivity (Wildman–Crippen MR) is 73.1 cm³/mol. The van der Waals surface area contributed by atoms with Crippen molar-refractivity contribution in [2.24, 2.45) is 5.73 Å². The van der Waals surface area contributed by atoms with Crippen molar-refractivity contribution < 1.29 is 14.6 Å². The minimum atomic E-state index is -0.686. The number of carbonyl (C=O) groups is 1. The lowest BCUT2D eigenvalue weighted by Gasteiger charge is -2.13. The van der Waals surface area contributed by atoms with Gasteiger partial charge in [-0.05, 0) is 18.2 Å². The van der Waals surface area contributed by atoms with E-state index in [9.17, 15) is 9.90 Å². The van der Waals surface area contributed by atoms with E-state index in [1.165, 1.54) is 0 Å². The summed E-state index contributed by atoms with van der Waals surface area (Å²) < 4.78 is 5.37. The van der Waals surface area contributed by atoms with Gasteiger partial charge in [0.2, 0.25) is 0 Å². The van der Waals surface area contributed by atoms with Crippen molar-refractivity contribution in [3.05, 3.63) is 29.8 Å². The van der Waals surface area contributed by atoms with E-state index < -0.39 is 12.1 Å². The highest BCUT2D eigenvalue weighted by atomic mass is 16.5. The number of benzene rings is 1. The molecule has 5 N–H and O–H groups in total. The molecule has 0 aliphatic heterocycles. The summed E-state index contributed by atoms with van der Waals surface area (Å²) in [7, 11) is 0. The molecule has 1 atom stereocenters. The van der Waals surface area contributed by atoms with E-state index in [-0.39, 0.29) is 6.61 Å². The SMILES string of the molecule is N#Cc1cccc(OCC(O)CNCCNC(N)=O)c1. The topological polar surface area (TPSA) is 120 Å². The predicted octanol–water partition coefficient (Wildman–Crippen LogP) is -0.444. The van der Waals surface area contributed by atoms with Crippen molar-refractivity contribution in [2.75, 3.05) is 26.2 Å². The van der Waals surface area contributed by atoms with Gasteiger partial charge in [0, 0.05) is 19.6 Å². The molecule has 0 aliphatic rings. The van der Waals surface area contributed by atoms with Crippen LogP contribution in [0, 0.1) is 11.3 Å². The molecule has 0 spiro atoms. The second kappa shape index (κ2) is 8.74. The monoisotopic (exact) mass is 278 g/mol. The van der Waals surface area contributed by atoms with Crippen LogP contribution in [-0.4, -0.2) is 43.5 Å². The number of urea groups is 1. The van der Waals surface area contributed by atoms with Crippen LogP contribution in [0.15, 0.2) is 24.3 Å². The maximum absolute atomic E-state index is 10.4. The molecule has 108 valence electrons. The summed E-state index contributed by atoms with van der Waals surface area (Å²) in [5, 5.41) is 23.8. The lowest BCUT2D eigenvalue weighted by Crippen LogP contribution is -2.38. The van der Waals surface area contributed by atoms with Crippen LogP contribution in [0.3, 0.4) is 0 Å². The van der Waals surface area contributed by atoms with Gasteiger partial charge in [0.05, 0.1) is 11.6 Å². The first-order valence-electron chi connectivity index (χ1n) is 6.17. The molecule has 2 amide bonds. The van der Waals surface area contributed by atoms with Crippen LogP contribution in [-0.2, 0) is 0 Å². The number of primary amides is 1. The average Bonchev–Trinajstić information content (AvgIpc) is 2.44. The number of hydrogen-bond acceptors (Lipinski definition) is 5. The molecule has 1 aromatic carbocycles. The van der Waals surface area contributed by atoms with E-state index in [1.807, 2.05) is 6.07 Å². The van der Waals surface area contributed by atoms with E-state index in [2.05, 4.69) is 10.6 Å². The number of nitrogens with one attached hydrogen (secondary N) is 2. The highest BCUT2D eigenvalue weighted by molar-refractivity contribution is 5.71. The number of nitrogens with two attached hydrogens (primary N) is 1. The van der Waals surface area contributed by atoms with E-state index in [1.54, 1.807) is 24.3 Å². The Bertz CT molecular complexity index is 473. The van der Waals surface area contributed by atoms with Crippen LogP contribution in [0.4, 0.5) is 4.79 Å². The number of hydrogen-bond donors (Lipinski definition) is 4. The summed E-state index contributed by atoms with van der Waals surface area (Å²) in [6, 6.07) is 8.16. The van der Waals surface area contributed by atoms with Crippen LogP contribution in [0.1, 0.15) is 5.56 Å². The number of nitriles is 1. The molecule has 1 aromatic rings. The van der Waals surface area contributed by atoms with Crippen LogP contribution in [0.2, 0.25) is 0 Å². The third kappa shape index (κ3) is 6.58. The average molecular weight is 278 g/mol. The van der Waals surface area contributed by atoms with Gasteiger partial charge in [-0.25, -0.2) is 4.79 Å². The van der Waals surface area contributed by atoms with Crippen LogP contribution >= 0.6 is 0 Å². The second-order valence-electron chi connectivity index (χ2n) is 4.10. The van der Waals surface area contributed by atoms with Crippen molar-refractivity contribution in [2.45, 2.75) is 6.10 Å². The lowest BCUT2D eigenvalue weighted by atomic mass is 10.2. The molecule has 0 saturated heterocycles. The number of nitrogens with zero attached hydrogens (tertiary/aromatic N) is 1. The van der Waals surface area contributed by atoms with Crippen LogP contribution in [0.25, 0.3) is 0 Å². The zero-order valence-corrected chi connectivity index (χ0v) is 11.0. The number of amides is 2. The molecular weight excluding hydrogens is 260 g/mol. The fraction of sp³-hybridized carbons (Fsp3) is 0.385. The largest absolute Gasteiger partial charge is 0.491 e. The maximum Gasteiger partial charge on any atom is 0.312 e. The van der Waals surface area contributed by atoms with Gasteiger partial charge in [-0.3, -0.25) is 0 Å². The van der Waals surface area contributed by atoms with Gasteiger partial charge in [-0.1, -0.05) is 6.07 Å². The number of ether oxygens (including phenoxy) is 1. The molecule has 0 heterocycles. The smallest absolute Gasteiger partial charge is 0.312 e. The molecule has 0 radical (unpaired) electrons. The minimum Gasteiger partial charge on any atom is -0.491 e. The molecule has 0 fully saturated rings. The Morgan fingerprint density at radius 2 is 2.30 bits per heavy atom. The zero-order valence-electron chi connectivity index (χ0n) is 11.0. The van der Waals surface area contributed by atoms with Gasteiger partial charge >= 0.3 is 6.03 Å². The fourth-order valence-corrected chi connectivity index (χ4v) is 1.45. The van der Waals surface area contributed by atoms with Crippen molar-refractivity contribution in [3.63, 3.8) is 0 Å². The first-order valence-corrected chi connectivity index (χ1v) is 6.17. The standard InChI is InChI=1S/C13H18N4O3/c14-7-10-2-1-3-12(6-10)20-9-11(18)8-16-4-5-17-13(15)19/h1-3,6,11,16,18H,4-5,8-9H2,(H3,15,17,19). The Hall–Kier alpha value is -2.30. The first-order chi connectivity index (χ1) is 9.61. The Morgan fingerprint density at radius 3 is 3.00 bits per heavy atom. The van der Waals surface area contributed by atoms with Crippen molar-refractivity contribution >= 4 is 6.03 Å². The quantitative estimate of drug-likeness (QED) is 0.480. The molecule has 1 rings (SSSR count). The van der Waals surface area contributed by atoms with Crippen LogP contribution in [0.5, 0.6) is 5.75 Å². The Balaban J connectivity index is 2.17. The lowest BCUT2D eigenvalue weighted by molar-refractivity contribution is 0.106. The molecule has 0 aliphatic carbocycles. The fourth-order valence-electron chi connectivity index (χ4n) is 1.45. The number of rotatable bonds is 8. The molecule has 0 aromatic heterocycles. The molecular formula is C13H18N4O3. The summed E-state index contributed by atoms with van der Waals surface area (Å²) in [5.41, 5.74) is 5.41. The number of aliphatic hydroxyl groups excluding tert-OH is 1. The Labute approximate surface area is 117 Å². The van der Waals surface area contributed by atoms with Gasteiger partial charge in [-0.15, -0.1) is 0 Å². The summed E-state index contributed by atoms with van der Waals surface area (Å²) in [5.74, 6) is 0.540. The van der Waals surface area contributed by atoms with E-state index in [0.717, 1.165) is 0 Å². The third-order valence-corrected chi connectivity index (χ3v) is 2.39. The van der Waals surface area contributed by atoms with Gasteiger partial charge < -0.3 is 26.2 Å². The molecule has 0 saturated carbocycles. The molecule has 1 unspecified atom stereocenters. The van der Waals surface area contributed by atoms with Gasteiger partial charge in [0.1, 0.15) is 18.5 Å². The number of carbonyl (C=O) groups excluding carboxylic acids is 1. The van der Waals surface area contributed by atoms with Crippen molar-refractivity contribution in [1.29, 1.82) is 5.26 Å². The van der Waals surface area contributed by atoms with Gasteiger partial charge in [0.25, 0.3) is 0 Å². The maximum atomic E-state index is 10.4.